The van der Waals surface area contributed by atoms with Crippen LogP contribution >= 0.6 is 0 Å². The molecule has 0 radical (unpaired) electrons. The first-order valence-electron chi connectivity index (χ1n) is 9.11. The fourth-order valence-electron chi connectivity index (χ4n) is 3.13. The number of pyridine rings is 1. The lowest BCUT2D eigenvalue weighted by Gasteiger charge is -2.46. The van der Waals surface area contributed by atoms with Crippen molar-refractivity contribution in [1.29, 1.82) is 5.41 Å². The lowest BCUT2D eigenvalue weighted by molar-refractivity contribution is -0.143. The number of carbonyl (C=O) groups is 1. The molecule has 0 atom stereocenters. The van der Waals surface area contributed by atoms with Gasteiger partial charge in [-0.25, -0.2) is 13.8 Å². The van der Waals surface area contributed by atoms with Gasteiger partial charge in [0.1, 0.15) is 24.7 Å². The predicted molar refractivity (Wildman–Crippen MR) is 103 cm³/mol. The summed E-state index contributed by atoms with van der Waals surface area (Å²) in [5.41, 5.74) is 4.77. The standard InChI is InChI=1S/C20H22F2N4O3/c1-2-20(28)10-26(11-20)19-15(21)6-13(8-25-19)14-5-3-4-12(18(14)22)9-29-17(27)7-16(23)24/h3-6,8,28H,2,7,9-11H2,1H3,(H3,23,24). The number of aliphatic hydroxyl groups is 1. The molecule has 1 aliphatic heterocycles. The van der Waals surface area contributed by atoms with Gasteiger partial charge in [0, 0.05) is 22.9 Å². The number of amidine groups is 1. The molecule has 0 saturated carbocycles. The Morgan fingerprint density at radius 3 is 2.76 bits per heavy atom. The van der Waals surface area contributed by atoms with Gasteiger partial charge in [-0.15, -0.1) is 0 Å². The van der Waals surface area contributed by atoms with Crippen molar-refractivity contribution in [3.63, 3.8) is 0 Å². The highest BCUT2D eigenvalue weighted by molar-refractivity contribution is 5.94. The third-order valence-electron chi connectivity index (χ3n) is 4.86. The van der Waals surface area contributed by atoms with E-state index in [0.717, 1.165) is 0 Å². The van der Waals surface area contributed by atoms with Crippen LogP contribution in [-0.4, -0.2) is 40.6 Å². The van der Waals surface area contributed by atoms with E-state index in [9.17, 15) is 18.7 Å². The Morgan fingerprint density at radius 1 is 1.41 bits per heavy atom. The first-order valence-corrected chi connectivity index (χ1v) is 9.11. The van der Waals surface area contributed by atoms with Crippen molar-refractivity contribution in [2.75, 3.05) is 18.0 Å². The van der Waals surface area contributed by atoms with Crippen LogP contribution in [-0.2, 0) is 16.1 Å². The van der Waals surface area contributed by atoms with Gasteiger partial charge in [0.2, 0.25) is 0 Å². The highest BCUT2D eigenvalue weighted by Gasteiger charge is 2.41. The SMILES string of the molecule is CCC1(O)CN(c2ncc(-c3cccc(COC(=O)CC(=N)N)c3F)cc2F)C1. The second-order valence-electron chi connectivity index (χ2n) is 7.10. The van der Waals surface area contributed by atoms with E-state index in [0.29, 0.717) is 19.5 Å². The number of hydrogen-bond acceptors (Lipinski definition) is 6. The predicted octanol–water partition coefficient (Wildman–Crippen LogP) is 2.36. The van der Waals surface area contributed by atoms with Crippen LogP contribution in [0.5, 0.6) is 0 Å². The topological polar surface area (TPSA) is 113 Å². The number of anilines is 1. The number of aromatic nitrogens is 1. The van der Waals surface area contributed by atoms with Crippen LogP contribution in [0.15, 0.2) is 30.5 Å². The number of esters is 1. The number of benzene rings is 1. The van der Waals surface area contributed by atoms with Crippen LogP contribution in [0.2, 0.25) is 0 Å². The van der Waals surface area contributed by atoms with Crippen molar-refractivity contribution in [3.8, 4) is 11.1 Å². The van der Waals surface area contributed by atoms with Crippen LogP contribution in [0, 0.1) is 17.0 Å². The van der Waals surface area contributed by atoms with Gasteiger partial charge in [0.15, 0.2) is 11.6 Å². The number of carbonyl (C=O) groups excluding carboxylic acids is 1. The van der Waals surface area contributed by atoms with E-state index in [1.165, 1.54) is 24.4 Å². The second kappa shape index (κ2) is 8.12. The molecule has 9 heteroatoms. The number of hydrogen-bond donors (Lipinski definition) is 3. The van der Waals surface area contributed by atoms with Gasteiger partial charge in [-0.05, 0) is 12.5 Å². The minimum Gasteiger partial charge on any atom is -0.460 e. The summed E-state index contributed by atoms with van der Waals surface area (Å²) in [5, 5.41) is 17.1. The third kappa shape index (κ3) is 4.51. The van der Waals surface area contributed by atoms with Crippen LogP contribution in [0.25, 0.3) is 11.1 Å². The molecule has 0 amide bonds. The zero-order valence-corrected chi connectivity index (χ0v) is 15.9. The number of nitrogens with zero attached hydrogens (tertiary/aromatic N) is 2. The molecule has 154 valence electrons. The van der Waals surface area contributed by atoms with Crippen molar-refractivity contribution in [3.05, 3.63) is 47.7 Å². The number of nitrogens with one attached hydrogen (secondary N) is 1. The normalized spacial score (nSPS) is 15.0. The molecule has 1 saturated heterocycles. The van der Waals surface area contributed by atoms with E-state index in [4.69, 9.17) is 15.9 Å². The van der Waals surface area contributed by atoms with Gasteiger partial charge in [0.25, 0.3) is 0 Å². The Bertz CT molecular complexity index is 945. The smallest absolute Gasteiger partial charge is 0.313 e. The fraction of sp³-hybridized carbons (Fsp3) is 0.350. The highest BCUT2D eigenvalue weighted by atomic mass is 19.1. The monoisotopic (exact) mass is 404 g/mol. The molecule has 0 spiro atoms. The lowest BCUT2D eigenvalue weighted by Crippen LogP contribution is -2.62. The first-order chi connectivity index (χ1) is 13.7. The zero-order valence-electron chi connectivity index (χ0n) is 15.9. The van der Waals surface area contributed by atoms with Gasteiger partial charge >= 0.3 is 5.97 Å². The fourth-order valence-corrected chi connectivity index (χ4v) is 3.13. The highest BCUT2D eigenvalue weighted by Crippen LogP contribution is 2.33. The quantitative estimate of drug-likeness (QED) is 0.371. The minimum absolute atomic E-state index is 0.111. The van der Waals surface area contributed by atoms with Crippen LogP contribution < -0.4 is 10.6 Å². The molecule has 4 N–H and O–H groups in total. The molecule has 0 bridgehead atoms. The molecular weight excluding hydrogens is 382 g/mol. The first kappa shape index (κ1) is 20.7. The van der Waals surface area contributed by atoms with Crippen LogP contribution in [0.4, 0.5) is 14.6 Å². The zero-order chi connectivity index (χ0) is 21.2. The van der Waals surface area contributed by atoms with Crippen LogP contribution in [0.1, 0.15) is 25.3 Å². The summed E-state index contributed by atoms with van der Waals surface area (Å²) in [5.74, 6) is -2.23. The molecule has 1 aromatic carbocycles. The number of ether oxygens (including phenoxy) is 1. The van der Waals surface area contributed by atoms with Crippen molar-refractivity contribution in [2.24, 2.45) is 5.73 Å². The van der Waals surface area contributed by atoms with Gasteiger partial charge in [-0.2, -0.15) is 0 Å². The minimum atomic E-state index is -0.826. The summed E-state index contributed by atoms with van der Waals surface area (Å²) in [6.07, 6.45) is 1.56. The van der Waals surface area contributed by atoms with Crippen molar-refractivity contribution in [1.82, 2.24) is 4.98 Å². The van der Waals surface area contributed by atoms with E-state index in [1.807, 2.05) is 6.92 Å². The molecule has 0 unspecified atom stereocenters. The summed E-state index contributed by atoms with van der Waals surface area (Å²) in [4.78, 5) is 17.2. The summed E-state index contributed by atoms with van der Waals surface area (Å²) in [7, 11) is 0. The Labute approximate surface area is 166 Å². The van der Waals surface area contributed by atoms with Crippen molar-refractivity contribution in [2.45, 2.75) is 32.0 Å². The van der Waals surface area contributed by atoms with E-state index in [1.54, 1.807) is 11.0 Å². The van der Waals surface area contributed by atoms with Gasteiger partial charge < -0.3 is 20.5 Å². The Balaban J connectivity index is 1.76. The number of rotatable bonds is 7. The molecule has 2 aromatic rings. The summed E-state index contributed by atoms with van der Waals surface area (Å²) in [6.45, 7) is 2.12. The molecule has 2 heterocycles. The molecular formula is C20H22F2N4O3. The Morgan fingerprint density at radius 2 is 2.14 bits per heavy atom. The maximum absolute atomic E-state index is 14.8. The Kier molecular flexibility index (Phi) is 5.78. The second-order valence-corrected chi connectivity index (χ2v) is 7.10. The number of halogens is 2. The largest absolute Gasteiger partial charge is 0.460 e. The summed E-state index contributed by atoms with van der Waals surface area (Å²) < 4.78 is 34.3. The number of nitrogens with two attached hydrogens (primary N) is 1. The van der Waals surface area contributed by atoms with E-state index < -0.39 is 23.2 Å². The number of β-amino-alcohol motifs (C(OH)–C–C–N with tert-alkyl or cyclic N) is 1. The lowest BCUT2D eigenvalue weighted by atomic mass is 9.91. The maximum Gasteiger partial charge on any atom is 0.313 e. The average molecular weight is 404 g/mol. The Hall–Kier alpha value is -3.07. The van der Waals surface area contributed by atoms with Gasteiger partial charge in [-0.3, -0.25) is 10.2 Å². The van der Waals surface area contributed by atoms with E-state index in [-0.39, 0.29) is 41.4 Å². The molecule has 29 heavy (non-hydrogen) atoms. The molecule has 1 fully saturated rings. The van der Waals surface area contributed by atoms with Gasteiger partial charge in [-0.1, -0.05) is 25.1 Å². The molecule has 7 nitrogen and oxygen atoms in total. The summed E-state index contributed by atoms with van der Waals surface area (Å²) in [6, 6.07) is 5.68. The molecule has 0 aliphatic carbocycles. The van der Waals surface area contributed by atoms with Crippen LogP contribution in [0.3, 0.4) is 0 Å². The van der Waals surface area contributed by atoms with Gasteiger partial charge in [0.05, 0.1) is 18.7 Å². The molecule has 1 aliphatic rings. The summed E-state index contributed by atoms with van der Waals surface area (Å²) >= 11 is 0. The van der Waals surface area contributed by atoms with Crippen molar-refractivity contribution < 1.29 is 23.4 Å². The molecule has 1 aromatic heterocycles. The van der Waals surface area contributed by atoms with Crippen molar-refractivity contribution >= 4 is 17.6 Å². The average Bonchev–Trinajstić information content (AvgIpc) is 2.64. The van der Waals surface area contributed by atoms with E-state index >= 15 is 0 Å². The maximum atomic E-state index is 14.8. The molecule has 3 rings (SSSR count). The van der Waals surface area contributed by atoms with E-state index in [2.05, 4.69) is 4.98 Å². The third-order valence-corrected chi connectivity index (χ3v) is 4.86.